The Morgan fingerprint density at radius 3 is 2.91 bits per heavy atom. The van der Waals surface area contributed by atoms with E-state index in [-0.39, 0.29) is 5.41 Å². The highest BCUT2D eigenvalue weighted by molar-refractivity contribution is 6.33. The van der Waals surface area contributed by atoms with Crippen LogP contribution < -0.4 is 5.32 Å². The molecule has 23 heavy (non-hydrogen) atoms. The summed E-state index contributed by atoms with van der Waals surface area (Å²) in [5.74, 6) is 0.183. The third kappa shape index (κ3) is 3.98. The molecular formula is C17H19ClFN3O. The molecule has 0 unspecified atom stereocenters. The summed E-state index contributed by atoms with van der Waals surface area (Å²) in [6.07, 6.45) is 3.36. The van der Waals surface area contributed by atoms with Crippen molar-refractivity contribution < 1.29 is 9.13 Å². The third-order valence-corrected chi connectivity index (χ3v) is 4.54. The Kier molecular flexibility index (Phi) is 4.78. The van der Waals surface area contributed by atoms with Crippen molar-refractivity contribution in [3.8, 4) is 11.3 Å². The fraction of sp³-hybridized carbons (Fsp3) is 0.412. The van der Waals surface area contributed by atoms with Crippen molar-refractivity contribution in [3.63, 3.8) is 0 Å². The standard InChI is InChI=1S/C17H19ClFN3O/c1-17(5-7-23-8-6-17)11-21-16-4-2-3-14(22-16)12-9-15(19)20-10-13(12)18/h2-4,9-10H,5-8,11H2,1H3,(H,21,22). The first-order valence-corrected chi connectivity index (χ1v) is 8.04. The lowest BCUT2D eigenvalue weighted by Gasteiger charge is -2.33. The average molecular weight is 336 g/mol. The lowest BCUT2D eigenvalue weighted by molar-refractivity contribution is 0.0300. The molecule has 0 aromatic carbocycles. The molecule has 2 aromatic heterocycles. The van der Waals surface area contributed by atoms with Crippen LogP contribution in [0.5, 0.6) is 0 Å². The molecule has 122 valence electrons. The maximum absolute atomic E-state index is 13.3. The van der Waals surface area contributed by atoms with Gasteiger partial charge in [-0.15, -0.1) is 0 Å². The minimum Gasteiger partial charge on any atom is -0.381 e. The molecule has 3 heterocycles. The lowest BCUT2D eigenvalue weighted by atomic mass is 9.82. The SMILES string of the molecule is CC1(CNc2cccc(-c3cc(F)ncc3Cl)n2)CCOCC1. The zero-order valence-electron chi connectivity index (χ0n) is 13.0. The summed E-state index contributed by atoms with van der Waals surface area (Å²) in [4.78, 5) is 8.08. The van der Waals surface area contributed by atoms with E-state index < -0.39 is 5.95 Å². The number of pyridine rings is 2. The molecule has 0 amide bonds. The molecule has 3 rings (SSSR count). The molecule has 1 fully saturated rings. The van der Waals surface area contributed by atoms with Crippen LogP contribution in [0.4, 0.5) is 10.2 Å². The summed E-state index contributed by atoms with van der Waals surface area (Å²) < 4.78 is 18.8. The summed E-state index contributed by atoms with van der Waals surface area (Å²) in [5, 5.41) is 3.76. The van der Waals surface area contributed by atoms with E-state index in [1.807, 2.05) is 18.2 Å². The number of anilines is 1. The van der Waals surface area contributed by atoms with Crippen molar-refractivity contribution in [3.05, 3.63) is 41.4 Å². The van der Waals surface area contributed by atoms with Gasteiger partial charge >= 0.3 is 0 Å². The lowest BCUT2D eigenvalue weighted by Crippen LogP contribution is -2.33. The summed E-state index contributed by atoms with van der Waals surface area (Å²) in [6, 6.07) is 6.89. The first-order chi connectivity index (χ1) is 11.1. The van der Waals surface area contributed by atoms with Crippen molar-refractivity contribution in [1.29, 1.82) is 0 Å². The number of hydrogen-bond donors (Lipinski definition) is 1. The van der Waals surface area contributed by atoms with Gasteiger partial charge in [-0.25, -0.2) is 9.97 Å². The second-order valence-corrected chi connectivity index (χ2v) is 6.58. The Labute approximate surface area is 140 Å². The van der Waals surface area contributed by atoms with Crippen LogP contribution in [0.25, 0.3) is 11.3 Å². The predicted octanol–water partition coefficient (Wildman–Crippen LogP) is 4.16. The number of ether oxygens (including phenoxy) is 1. The second kappa shape index (κ2) is 6.81. The second-order valence-electron chi connectivity index (χ2n) is 6.17. The number of halogens is 2. The topological polar surface area (TPSA) is 47.0 Å². The van der Waals surface area contributed by atoms with Gasteiger partial charge in [0.05, 0.1) is 10.7 Å². The molecule has 0 saturated carbocycles. The van der Waals surface area contributed by atoms with E-state index in [0.29, 0.717) is 16.3 Å². The smallest absolute Gasteiger partial charge is 0.213 e. The number of nitrogens with zero attached hydrogens (tertiary/aromatic N) is 2. The van der Waals surface area contributed by atoms with E-state index in [2.05, 4.69) is 22.2 Å². The fourth-order valence-corrected chi connectivity index (χ4v) is 2.84. The summed E-state index contributed by atoms with van der Waals surface area (Å²) in [5.41, 5.74) is 1.37. The Balaban J connectivity index is 1.76. The highest BCUT2D eigenvalue weighted by Gasteiger charge is 2.27. The Morgan fingerprint density at radius 2 is 2.13 bits per heavy atom. The van der Waals surface area contributed by atoms with Gasteiger partial charge in [-0.05, 0) is 30.4 Å². The molecule has 1 aliphatic heterocycles. The minimum absolute atomic E-state index is 0.205. The van der Waals surface area contributed by atoms with Crippen molar-refractivity contribution in [2.24, 2.45) is 5.41 Å². The van der Waals surface area contributed by atoms with Crippen LogP contribution in [0.2, 0.25) is 5.02 Å². The average Bonchev–Trinajstić information content (AvgIpc) is 2.56. The van der Waals surface area contributed by atoms with Gasteiger partial charge in [-0.2, -0.15) is 4.39 Å². The van der Waals surface area contributed by atoms with E-state index in [0.717, 1.165) is 38.4 Å². The molecule has 0 aliphatic carbocycles. The van der Waals surface area contributed by atoms with Crippen LogP contribution in [0, 0.1) is 11.4 Å². The monoisotopic (exact) mass is 335 g/mol. The molecule has 1 N–H and O–H groups in total. The van der Waals surface area contributed by atoms with E-state index >= 15 is 0 Å². The minimum atomic E-state index is -0.570. The number of aromatic nitrogens is 2. The maximum Gasteiger partial charge on any atom is 0.213 e. The number of nitrogens with one attached hydrogen (secondary N) is 1. The number of hydrogen-bond acceptors (Lipinski definition) is 4. The van der Waals surface area contributed by atoms with Crippen molar-refractivity contribution >= 4 is 17.4 Å². The highest BCUT2D eigenvalue weighted by Crippen LogP contribution is 2.30. The molecular weight excluding hydrogens is 317 g/mol. The Morgan fingerprint density at radius 1 is 1.35 bits per heavy atom. The quantitative estimate of drug-likeness (QED) is 0.852. The molecule has 0 radical (unpaired) electrons. The van der Waals surface area contributed by atoms with Crippen LogP contribution in [-0.4, -0.2) is 29.7 Å². The van der Waals surface area contributed by atoms with E-state index in [4.69, 9.17) is 16.3 Å². The van der Waals surface area contributed by atoms with Crippen LogP contribution in [0.15, 0.2) is 30.5 Å². The van der Waals surface area contributed by atoms with Crippen LogP contribution >= 0.6 is 11.6 Å². The van der Waals surface area contributed by atoms with Crippen LogP contribution in [0.1, 0.15) is 19.8 Å². The Bertz CT molecular complexity index is 689. The molecule has 6 heteroatoms. The molecule has 0 atom stereocenters. The molecule has 1 saturated heterocycles. The predicted molar refractivity (Wildman–Crippen MR) is 89.1 cm³/mol. The van der Waals surface area contributed by atoms with Crippen LogP contribution in [-0.2, 0) is 4.74 Å². The largest absolute Gasteiger partial charge is 0.381 e. The molecule has 1 aliphatic rings. The van der Waals surface area contributed by atoms with Gasteiger partial charge < -0.3 is 10.1 Å². The van der Waals surface area contributed by atoms with E-state index in [1.54, 1.807) is 0 Å². The third-order valence-electron chi connectivity index (χ3n) is 4.24. The van der Waals surface area contributed by atoms with Crippen LogP contribution in [0.3, 0.4) is 0 Å². The van der Waals surface area contributed by atoms with Gasteiger partial charge in [-0.1, -0.05) is 24.6 Å². The molecule has 0 bridgehead atoms. The van der Waals surface area contributed by atoms with Gasteiger partial charge in [0, 0.05) is 37.6 Å². The van der Waals surface area contributed by atoms with Gasteiger partial charge in [0.25, 0.3) is 0 Å². The van der Waals surface area contributed by atoms with Gasteiger partial charge in [0.2, 0.25) is 5.95 Å². The van der Waals surface area contributed by atoms with Crippen molar-refractivity contribution in [2.45, 2.75) is 19.8 Å². The van der Waals surface area contributed by atoms with Gasteiger partial charge in [-0.3, -0.25) is 0 Å². The van der Waals surface area contributed by atoms with Gasteiger partial charge in [0.15, 0.2) is 0 Å². The molecule has 2 aromatic rings. The number of rotatable bonds is 4. The zero-order chi connectivity index (χ0) is 16.3. The fourth-order valence-electron chi connectivity index (χ4n) is 2.64. The van der Waals surface area contributed by atoms with Crippen molar-refractivity contribution in [2.75, 3.05) is 25.1 Å². The van der Waals surface area contributed by atoms with E-state index in [1.165, 1.54) is 12.3 Å². The first kappa shape index (κ1) is 16.1. The summed E-state index contributed by atoms with van der Waals surface area (Å²) >= 11 is 6.10. The normalized spacial score (nSPS) is 17.0. The van der Waals surface area contributed by atoms with Gasteiger partial charge in [0.1, 0.15) is 5.82 Å². The molecule has 0 spiro atoms. The summed E-state index contributed by atoms with van der Waals surface area (Å²) in [6.45, 7) is 4.68. The zero-order valence-corrected chi connectivity index (χ0v) is 13.7. The highest BCUT2D eigenvalue weighted by atomic mass is 35.5. The van der Waals surface area contributed by atoms with Crippen molar-refractivity contribution in [1.82, 2.24) is 9.97 Å². The molecule has 4 nitrogen and oxygen atoms in total. The first-order valence-electron chi connectivity index (χ1n) is 7.66. The van der Waals surface area contributed by atoms with E-state index in [9.17, 15) is 4.39 Å². The Hall–Kier alpha value is -1.72. The summed E-state index contributed by atoms with van der Waals surface area (Å²) in [7, 11) is 0. The maximum atomic E-state index is 13.3.